The number of rotatable bonds is 10. The van der Waals surface area contributed by atoms with Crippen LogP contribution in [0, 0.1) is 5.82 Å². The van der Waals surface area contributed by atoms with E-state index < -0.39 is 5.97 Å². The number of aromatic nitrogens is 2. The zero-order valence-corrected chi connectivity index (χ0v) is 21.5. The maximum absolute atomic E-state index is 13.3. The summed E-state index contributed by atoms with van der Waals surface area (Å²) >= 11 is 6.07. The number of aryl methyl sites for hydroxylation is 1. The van der Waals surface area contributed by atoms with Gasteiger partial charge in [0, 0.05) is 34.5 Å². The van der Waals surface area contributed by atoms with Gasteiger partial charge in [-0.2, -0.15) is 0 Å². The van der Waals surface area contributed by atoms with Crippen LogP contribution in [0.4, 0.5) is 4.39 Å². The van der Waals surface area contributed by atoms with Gasteiger partial charge < -0.3 is 10.4 Å². The highest BCUT2D eigenvalue weighted by Crippen LogP contribution is 2.47. The Morgan fingerprint density at radius 2 is 1.68 bits per heavy atom. The molecule has 0 saturated heterocycles. The summed E-state index contributed by atoms with van der Waals surface area (Å²) in [6.45, 7) is 0.478. The molecular weight excluding hydrogens is 505 g/mol. The van der Waals surface area contributed by atoms with Crippen LogP contribution in [0.25, 0.3) is 22.3 Å². The lowest BCUT2D eigenvalue weighted by Crippen LogP contribution is -2.32. The molecule has 1 amide bonds. The van der Waals surface area contributed by atoms with Crippen LogP contribution in [0.2, 0.25) is 5.02 Å². The molecule has 0 atom stereocenters. The lowest BCUT2D eigenvalue weighted by atomic mass is 9.96. The average molecular weight is 532 g/mol. The monoisotopic (exact) mass is 531 g/mol. The van der Waals surface area contributed by atoms with E-state index in [0.29, 0.717) is 47.4 Å². The second kappa shape index (κ2) is 10.9. The molecule has 1 aliphatic rings. The lowest BCUT2D eigenvalue weighted by molar-refractivity contribution is -0.137. The number of hydrogen-bond donors (Lipinski definition) is 2. The van der Waals surface area contributed by atoms with Gasteiger partial charge in [-0.3, -0.25) is 9.59 Å². The Hall–Kier alpha value is -3.84. The Labute approximate surface area is 224 Å². The number of amides is 1. The van der Waals surface area contributed by atoms with Crippen molar-refractivity contribution in [3.8, 4) is 11.3 Å². The Morgan fingerprint density at radius 1 is 0.947 bits per heavy atom. The van der Waals surface area contributed by atoms with Crippen molar-refractivity contribution < 1.29 is 19.1 Å². The molecule has 1 heterocycles. The molecule has 0 aliphatic heterocycles. The molecule has 8 heteroatoms. The molecule has 0 unspecified atom stereocenters. The number of carboxylic acids is 1. The zero-order chi connectivity index (χ0) is 26.7. The Kier molecular flexibility index (Phi) is 7.38. The predicted octanol–water partition coefficient (Wildman–Crippen LogP) is 6.35. The molecule has 4 aromatic rings. The van der Waals surface area contributed by atoms with E-state index in [1.165, 1.54) is 12.1 Å². The third-order valence-electron chi connectivity index (χ3n) is 7.07. The fraction of sp³-hybridized carbons (Fsp3) is 0.267. The SMILES string of the molecule is O=C(O)CCCCc1nc2cc(C(=O)NCC3(c4ccc(F)cc4)CC3)ccc2nc1-c1ccc(Cl)cc1. The molecule has 38 heavy (non-hydrogen) atoms. The molecule has 2 N–H and O–H groups in total. The minimum Gasteiger partial charge on any atom is -0.481 e. The highest BCUT2D eigenvalue weighted by Gasteiger charge is 2.44. The normalized spacial score (nSPS) is 13.8. The quantitative estimate of drug-likeness (QED) is 0.233. The van der Waals surface area contributed by atoms with Gasteiger partial charge in [0.15, 0.2) is 0 Å². The van der Waals surface area contributed by atoms with Gasteiger partial charge in [0.2, 0.25) is 0 Å². The second-order valence-electron chi connectivity index (χ2n) is 9.80. The molecule has 0 bridgehead atoms. The number of fused-ring (bicyclic) bond motifs is 1. The van der Waals surface area contributed by atoms with Crippen molar-refractivity contribution >= 4 is 34.5 Å². The first-order valence-electron chi connectivity index (χ1n) is 12.7. The predicted molar refractivity (Wildman–Crippen MR) is 145 cm³/mol. The van der Waals surface area contributed by atoms with Gasteiger partial charge in [-0.1, -0.05) is 35.9 Å². The number of carbonyl (C=O) groups is 2. The third kappa shape index (κ3) is 5.83. The molecule has 5 rings (SSSR count). The van der Waals surface area contributed by atoms with E-state index in [4.69, 9.17) is 26.7 Å². The highest BCUT2D eigenvalue weighted by atomic mass is 35.5. The molecule has 0 spiro atoms. The van der Waals surface area contributed by atoms with Crippen LogP contribution in [-0.4, -0.2) is 33.5 Å². The summed E-state index contributed by atoms with van der Waals surface area (Å²) in [7, 11) is 0. The van der Waals surface area contributed by atoms with E-state index in [0.717, 1.165) is 35.4 Å². The lowest BCUT2D eigenvalue weighted by Gasteiger charge is -2.17. The first-order chi connectivity index (χ1) is 18.3. The van der Waals surface area contributed by atoms with Crippen LogP contribution in [0.3, 0.4) is 0 Å². The van der Waals surface area contributed by atoms with E-state index in [-0.39, 0.29) is 23.6 Å². The van der Waals surface area contributed by atoms with E-state index in [1.54, 1.807) is 42.5 Å². The maximum atomic E-state index is 13.3. The molecule has 1 aliphatic carbocycles. The summed E-state index contributed by atoms with van der Waals surface area (Å²) in [4.78, 5) is 33.7. The van der Waals surface area contributed by atoms with E-state index in [1.807, 2.05) is 12.1 Å². The van der Waals surface area contributed by atoms with Crippen LogP contribution in [-0.2, 0) is 16.6 Å². The number of halogens is 2. The number of unbranched alkanes of at least 4 members (excludes halogenated alkanes) is 1. The van der Waals surface area contributed by atoms with Crippen LogP contribution in [0.5, 0.6) is 0 Å². The first-order valence-corrected chi connectivity index (χ1v) is 13.0. The van der Waals surface area contributed by atoms with Crippen LogP contribution in [0.15, 0.2) is 66.7 Å². The number of nitrogens with zero attached hydrogens (tertiary/aromatic N) is 2. The van der Waals surface area contributed by atoms with Gasteiger partial charge in [-0.25, -0.2) is 14.4 Å². The number of nitrogens with one attached hydrogen (secondary N) is 1. The molecule has 1 saturated carbocycles. The van der Waals surface area contributed by atoms with Crippen molar-refractivity contribution in [2.75, 3.05) is 6.54 Å². The van der Waals surface area contributed by atoms with Crippen molar-refractivity contribution in [1.29, 1.82) is 0 Å². The number of benzene rings is 3. The summed E-state index contributed by atoms with van der Waals surface area (Å²) in [5, 5.41) is 12.6. The second-order valence-corrected chi connectivity index (χ2v) is 10.2. The smallest absolute Gasteiger partial charge is 0.303 e. The summed E-state index contributed by atoms with van der Waals surface area (Å²) < 4.78 is 13.3. The molecule has 3 aromatic carbocycles. The largest absolute Gasteiger partial charge is 0.481 e. The Bertz CT molecular complexity index is 1490. The maximum Gasteiger partial charge on any atom is 0.303 e. The van der Waals surface area contributed by atoms with E-state index in [2.05, 4.69) is 5.32 Å². The van der Waals surface area contributed by atoms with Crippen molar-refractivity contribution in [3.63, 3.8) is 0 Å². The Balaban J connectivity index is 1.37. The van der Waals surface area contributed by atoms with Crippen LogP contribution >= 0.6 is 11.6 Å². The van der Waals surface area contributed by atoms with Gasteiger partial charge in [0.05, 0.1) is 22.4 Å². The minimum atomic E-state index is -0.824. The fourth-order valence-corrected chi connectivity index (χ4v) is 4.81. The van der Waals surface area contributed by atoms with E-state index in [9.17, 15) is 14.0 Å². The van der Waals surface area contributed by atoms with Crippen molar-refractivity contribution in [1.82, 2.24) is 15.3 Å². The fourth-order valence-electron chi connectivity index (χ4n) is 4.69. The van der Waals surface area contributed by atoms with Crippen LogP contribution in [0.1, 0.15) is 53.7 Å². The number of carbonyl (C=O) groups excluding carboxylic acids is 1. The topological polar surface area (TPSA) is 92.2 Å². The van der Waals surface area contributed by atoms with Gasteiger partial charge >= 0.3 is 5.97 Å². The summed E-state index contributed by atoms with van der Waals surface area (Å²) in [5.41, 5.74) is 4.97. The molecule has 0 radical (unpaired) electrons. The molecule has 6 nitrogen and oxygen atoms in total. The average Bonchev–Trinajstić information content (AvgIpc) is 3.71. The van der Waals surface area contributed by atoms with E-state index >= 15 is 0 Å². The highest BCUT2D eigenvalue weighted by molar-refractivity contribution is 6.30. The van der Waals surface area contributed by atoms with Crippen LogP contribution < -0.4 is 5.32 Å². The first kappa shape index (κ1) is 25.8. The van der Waals surface area contributed by atoms with Crippen molar-refractivity contribution in [3.05, 3.63) is 94.4 Å². The summed E-state index contributed by atoms with van der Waals surface area (Å²) in [6, 6.07) is 19.1. The molecule has 1 aromatic heterocycles. The molecular formula is C30H27ClFN3O3. The zero-order valence-electron chi connectivity index (χ0n) is 20.7. The van der Waals surface area contributed by atoms with Crippen molar-refractivity contribution in [2.24, 2.45) is 0 Å². The van der Waals surface area contributed by atoms with Gasteiger partial charge in [0.1, 0.15) is 5.82 Å². The number of carboxylic acid groups (broad SMARTS) is 1. The molecule has 1 fully saturated rings. The number of aliphatic carboxylic acids is 1. The van der Waals surface area contributed by atoms with Gasteiger partial charge in [-0.15, -0.1) is 0 Å². The summed E-state index contributed by atoms with van der Waals surface area (Å²) in [5.74, 6) is -1.30. The van der Waals surface area contributed by atoms with Gasteiger partial charge in [0.25, 0.3) is 5.91 Å². The number of hydrogen-bond acceptors (Lipinski definition) is 4. The Morgan fingerprint density at radius 3 is 2.37 bits per heavy atom. The van der Waals surface area contributed by atoms with Gasteiger partial charge in [-0.05, 0) is 80.1 Å². The third-order valence-corrected chi connectivity index (χ3v) is 7.32. The minimum absolute atomic E-state index is 0.0982. The standard InChI is InChI=1S/C30H27ClFN3O3/c31-22-10-5-19(6-11-22)28-25(3-1-2-4-27(36)37)34-26-17-20(7-14-24(26)35-28)29(38)33-18-30(15-16-30)21-8-12-23(32)13-9-21/h5-14,17H,1-4,15-16,18H2,(H,33,38)(H,36,37). The van der Waals surface area contributed by atoms with Crippen molar-refractivity contribution in [2.45, 2.75) is 43.9 Å². The molecule has 194 valence electrons. The summed E-state index contributed by atoms with van der Waals surface area (Å²) in [6.07, 6.45) is 3.74.